The second-order valence-corrected chi connectivity index (χ2v) is 6.57. The smallest absolute Gasteiger partial charge is 0.272 e. The molecule has 1 aromatic heterocycles. The monoisotopic (exact) mass is 359 g/mol. The lowest BCUT2D eigenvalue weighted by Crippen LogP contribution is -2.31. The van der Waals surface area contributed by atoms with E-state index < -0.39 is 0 Å². The van der Waals surface area contributed by atoms with Crippen molar-refractivity contribution in [2.75, 3.05) is 11.9 Å². The molecule has 0 saturated heterocycles. The first-order chi connectivity index (χ1) is 13.2. The van der Waals surface area contributed by atoms with Crippen molar-refractivity contribution in [3.8, 4) is 0 Å². The molecular formula is C23H25N3O. The van der Waals surface area contributed by atoms with Gasteiger partial charge in [-0.2, -0.15) is 0 Å². The van der Waals surface area contributed by atoms with E-state index in [1.54, 1.807) is 11.1 Å². The molecule has 0 radical (unpaired) electrons. The molecular weight excluding hydrogens is 334 g/mol. The number of carbonyl (C=O) groups excluding carboxylic acids is 1. The molecule has 1 N–H and O–H groups in total. The highest BCUT2D eigenvalue weighted by molar-refractivity contribution is 5.93. The Morgan fingerprint density at radius 1 is 1.00 bits per heavy atom. The minimum absolute atomic E-state index is 0.0552. The Morgan fingerprint density at radius 2 is 1.74 bits per heavy atom. The molecule has 138 valence electrons. The van der Waals surface area contributed by atoms with Crippen molar-refractivity contribution in [2.24, 2.45) is 0 Å². The summed E-state index contributed by atoms with van der Waals surface area (Å²) in [5.41, 5.74) is 4.91. The maximum Gasteiger partial charge on any atom is 0.272 e. The third kappa shape index (κ3) is 5.17. The fourth-order valence-corrected chi connectivity index (χ4v) is 2.86. The van der Waals surface area contributed by atoms with Gasteiger partial charge in [0.25, 0.3) is 5.91 Å². The van der Waals surface area contributed by atoms with E-state index in [9.17, 15) is 4.79 Å². The van der Waals surface area contributed by atoms with Crippen LogP contribution >= 0.6 is 0 Å². The number of nitrogens with one attached hydrogen (secondary N) is 1. The first kappa shape index (κ1) is 18.6. The Morgan fingerprint density at radius 3 is 2.44 bits per heavy atom. The van der Waals surface area contributed by atoms with Crippen LogP contribution in [0.2, 0.25) is 0 Å². The van der Waals surface area contributed by atoms with E-state index in [-0.39, 0.29) is 5.91 Å². The van der Waals surface area contributed by atoms with Gasteiger partial charge in [0.2, 0.25) is 0 Å². The summed E-state index contributed by atoms with van der Waals surface area (Å²) in [4.78, 5) is 19.0. The van der Waals surface area contributed by atoms with E-state index in [0.717, 1.165) is 11.3 Å². The van der Waals surface area contributed by atoms with Crippen LogP contribution in [0.25, 0.3) is 0 Å². The van der Waals surface area contributed by atoms with Crippen molar-refractivity contribution in [2.45, 2.75) is 26.9 Å². The fourth-order valence-electron chi connectivity index (χ4n) is 2.86. The number of aryl methyl sites for hydroxylation is 1. The second-order valence-electron chi connectivity index (χ2n) is 6.57. The van der Waals surface area contributed by atoms with Crippen LogP contribution < -0.4 is 5.32 Å². The normalized spacial score (nSPS) is 10.4. The van der Waals surface area contributed by atoms with Crippen LogP contribution in [-0.4, -0.2) is 22.3 Å². The third-order valence-corrected chi connectivity index (χ3v) is 4.48. The molecule has 0 aliphatic heterocycles. The number of rotatable bonds is 7. The molecule has 1 amide bonds. The predicted molar refractivity (Wildman–Crippen MR) is 110 cm³/mol. The number of amides is 1. The number of pyridine rings is 1. The first-order valence-electron chi connectivity index (χ1n) is 9.24. The lowest BCUT2D eigenvalue weighted by Gasteiger charge is -2.21. The van der Waals surface area contributed by atoms with E-state index in [1.165, 1.54) is 11.1 Å². The Labute approximate surface area is 160 Å². The van der Waals surface area contributed by atoms with Crippen molar-refractivity contribution in [1.82, 2.24) is 9.88 Å². The number of benzene rings is 2. The van der Waals surface area contributed by atoms with Gasteiger partial charge in [-0.3, -0.25) is 9.78 Å². The number of hydrogen-bond donors (Lipinski definition) is 1. The minimum atomic E-state index is -0.0552. The molecule has 0 atom stereocenters. The van der Waals surface area contributed by atoms with E-state index in [2.05, 4.69) is 41.5 Å². The van der Waals surface area contributed by atoms with Gasteiger partial charge in [0, 0.05) is 31.5 Å². The Hall–Kier alpha value is -3.14. The highest BCUT2D eigenvalue weighted by atomic mass is 16.2. The zero-order chi connectivity index (χ0) is 19.1. The van der Waals surface area contributed by atoms with Gasteiger partial charge in [0.05, 0.1) is 0 Å². The van der Waals surface area contributed by atoms with Gasteiger partial charge < -0.3 is 10.2 Å². The third-order valence-electron chi connectivity index (χ3n) is 4.48. The van der Waals surface area contributed by atoms with Crippen molar-refractivity contribution in [1.29, 1.82) is 0 Å². The van der Waals surface area contributed by atoms with Crippen LogP contribution in [0.15, 0.2) is 72.9 Å². The molecule has 1 heterocycles. The highest BCUT2D eigenvalue weighted by Gasteiger charge is 2.16. The maximum atomic E-state index is 12.9. The summed E-state index contributed by atoms with van der Waals surface area (Å²) in [7, 11) is 0. The Kier molecular flexibility index (Phi) is 6.21. The Balaban J connectivity index is 1.67. The van der Waals surface area contributed by atoms with Crippen molar-refractivity contribution < 1.29 is 4.79 Å². The SMILES string of the molecule is CCN(Cc1ccccc1)C(=O)c1cc(NCc2ccc(C)cc2)ccn1. The van der Waals surface area contributed by atoms with E-state index in [0.29, 0.717) is 25.3 Å². The zero-order valence-corrected chi connectivity index (χ0v) is 15.9. The summed E-state index contributed by atoms with van der Waals surface area (Å²) in [6.07, 6.45) is 1.68. The van der Waals surface area contributed by atoms with Gasteiger partial charge in [-0.05, 0) is 37.1 Å². The average molecular weight is 359 g/mol. The molecule has 4 nitrogen and oxygen atoms in total. The van der Waals surface area contributed by atoms with E-state index >= 15 is 0 Å². The number of anilines is 1. The minimum Gasteiger partial charge on any atom is -0.381 e. The zero-order valence-electron chi connectivity index (χ0n) is 15.9. The average Bonchev–Trinajstić information content (AvgIpc) is 2.72. The summed E-state index contributed by atoms with van der Waals surface area (Å²) in [6, 6.07) is 22.1. The van der Waals surface area contributed by atoms with Crippen LogP contribution in [0.5, 0.6) is 0 Å². The van der Waals surface area contributed by atoms with E-state index in [4.69, 9.17) is 0 Å². The molecule has 0 saturated carbocycles. The maximum absolute atomic E-state index is 12.9. The summed E-state index contributed by atoms with van der Waals surface area (Å²) in [5, 5.41) is 3.37. The van der Waals surface area contributed by atoms with Gasteiger partial charge in [0.15, 0.2) is 0 Å². The van der Waals surface area contributed by atoms with Crippen LogP contribution in [0.1, 0.15) is 34.1 Å². The lowest BCUT2D eigenvalue weighted by atomic mass is 10.1. The molecule has 0 aliphatic carbocycles. The molecule has 0 aliphatic rings. The van der Waals surface area contributed by atoms with Gasteiger partial charge >= 0.3 is 0 Å². The molecule has 4 heteroatoms. The van der Waals surface area contributed by atoms with Crippen LogP contribution in [0, 0.1) is 6.92 Å². The predicted octanol–water partition coefficient (Wildman–Crippen LogP) is 4.66. The molecule has 2 aromatic carbocycles. The summed E-state index contributed by atoms with van der Waals surface area (Å²) in [6.45, 7) is 5.99. The van der Waals surface area contributed by atoms with E-state index in [1.807, 2.05) is 49.4 Å². The summed E-state index contributed by atoms with van der Waals surface area (Å²) < 4.78 is 0. The van der Waals surface area contributed by atoms with Gasteiger partial charge in [0.1, 0.15) is 5.69 Å². The standard InChI is InChI=1S/C23H25N3O/c1-3-26(17-20-7-5-4-6-8-20)23(27)22-15-21(13-14-24-22)25-16-19-11-9-18(2)10-12-19/h4-15H,3,16-17H2,1-2H3,(H,24,25). The summed E-state index contributed by atoms with van der Waals surface area (Å²) in [5.74, 6) is -0.0552. The first-order valence-corrected chi connectivity index (χ1v) is 9.24. The van der Waals surface area contributed by atoms with Crippen molar-refractivity contribution in [3.63, 3.8) is 0 Å². The molecule has 3 rings (SSSR count). The van der Waals surface area contributed by atoms with Gasteiger partial charge in [-0.25, -0.2) is 0 Å². The molecule has 3 aromatic rings. The topological polar surface area (TPSA) is 45.2 Å². The number of carbonyl (C=O) groups is 1. The van der Waals surface area contributed by atoms with Crippen LogP contribution in [0.4, 0.5) is 5.69 Å². The summed E-state index contributed by atoms with van der Waals surface area (Å²) >= 11 is 0. The van der Waals surface area contributed by atoms with Crippen LogP contribution in [-0.2, 0) is 13.1 Å². The molecule has 0 fully saturated rings. The number of nitrogens with zero attached hydrogens (tertiary/aromatic N) is 2. The van der Waals surface area contributed by atoms with Crippen molar-refractivity contribution in [3.05, 3.63) is 95.3 Å². The highest BCUT2D eigenvalue weighted by Crippen LogP contribution is 2.14. The van der Waals surface area contributed by atoms with Crippen molar-refractivity contribution >= 4 is 11.6 Å². The van der Waals surface area contributed by atoms with Crippen LogP contribution in [0.3, 0.4) is 0 Å². The fraction of sp³-hybridized carbons (Fsp3) is 0.217. The second kappa shape index (κ2) is 8.99. The largest absolute Gasteiger partial charge is 0.381 e. The van der Waals surface area contributed by atoms with Gasteiger partial charge in [-0.15, -0.1) is 0 Å². The molecule has 0 unspecified atom stereocenters. The molecule has 27 heavy (non-hydrogen) atoms. The molecule has 0 spiro atoms. The number of aromatic nitrogens is 1. The van der Waals surface area contributed by atoms with Gasteiger partial charge in [-0.1, -0.05) is 60.2 Å². The number of hydrogen-bond acceptors (Lipinski definition) is 3. The lowest BCUT2D eigenvalue weighted by molar-refractivity contribution is 0.0746. The Bertz CT molecular complexity index is 876. The molecule has 0 bridgehead atoms. The quantitative estimate of drug-likeness (QED) is 0.667.